The van der Waals surface area contributed by atoms with Gasteiger partial charge in [0.15, 0.2) is 0 Å². The van der Waals surface area contributed by atoms with Crippen molar-refractivity contribution in [1.29, 1.82) is 0 Å². The van der Waals surface area contributed by atoms with Crippen LogP contribution in [0.3, 0.4) is 0 Å². The normalized spacial score (nSPS) is 19.6. The minimum atomic E-state index is -0.132. The number of ether oxygens (including phenoxy) is 1. The molecule has 0 spiro atoms. The van der Waals surface area contributed by atoms with Crippen LogP contribution in [0.1, 0.15) is 24.6 Å². The van der Waals surface area contributed by atoms with Gasteiger partial charge in [-0.25, -0.2) is 4.98 Å². The van der Waals surface area contributed by atoms with E-state index in [9.17, 15) is 4.79 Å². The van der Waals surface area contributed by atoms with Crippen molar-refractivity contribution in [3.8, 4) is 11.3 Å². The first-order valence-corrected chi connectivity index (χ1v) is 8.90. The van der Waals surface area contributed by atoms with Crippen molar-refractivity contribution in [3.63, 3.8) is 0 Å². The Kier molecular flexibility index (Phi) is 4.03. The number of rotatable bonds is 3. The number of carbonyl (C=O) groups is 1. The predicted octanol–water partition coefficient (Wildman–Crippen LogP) is 3.69. The summed E-state index contributed by atoms with van der Waals surface area (Å²) in [5.74, 6) is -0.145. The molecule has 25 heavy (non-hydrogen) atoms. The topological polar surface area (TPSA) is 69.9 Å². The van der Waals surface area contributed by atoms with Crippen LogP contribution < -0.4 is 0 Å². The van der Waals surface area contributed by atoms with E-state index in [1.807, 2.05) is 36.0 Å². The predicted molar refractivity (Wildman–Crippen MR) is 97.0 cm³/mol. The minimum absolute atomic E-state index is 0.0122. The first kappa shape index (κ1) is 16.2. The summed E-state index contributed by atoms with van der Waals surface area (Å²) in [5.41, 5.74) is 4.39. The fraction of sp³-hybridized carbons (Fsp3) is 0.333. The van der Waals surface area contributed by atoms with Crippen LogP contribution in [-0.2, 0) is 9.53 Å². The molecule has 0 atom stereocenters. The summed E-state index contributed by atoms with van der Waals surface area (Å²) in [4.78, 5) is 20.8. The van der Waals surface area contributed by atoms with Gasteiger partial charge in [-0.3, -0.25) is 14.5 Å². The van der Waals surface area contributed by atoms with Crippen LogP contribution in [-0.4, -0.2) is 32.8 Å². The molecule has 0 amide bonds. The zero-order chi connectivity index (χ0) is 17.6. The van der Waals surface area contributed by atoms with E-state index >= 15 is 0 Å². The fourth-order valence-corrected chi connectivity index (χ4v) is 3.55. The smallest absolute Gasteiger partial charge is 0.308 e. The number of carbonyl (C=O) groups excluding carboxylic acids is 1. The summed E-state index contributed by atoms with van der Waals surface area (Å²) in [7, 11) is 1.43. The van der Waals surface area contributed by atoms with Gasteiger partial charge in [-0.05, 0) is 38.0 Å². The van der Waals surface area contributed by atoms with Crippen LogP contribution in [0.5, 0.6) is 0 Å². The molecule has 0 N–H and O–H groups in total. The van der Waals surface area contributed by atoms with Gasteiger partial charge < -0.3 is 4.74 Å². The number of benzene rings is 1. The van der Waals surface area contributed by atoms with E-state index in [1.165, 1.54) is 7.11 Å². The molecule has 0 unspecified atom stereocenters. The lowest BCUT2D eigenvalue weighted by molar-refractivity contribution is -0.149. The highest BCUT2D eigenvalue weighted by Gasteiger charge is 2.37. The van der Waals surface area contributed by atoms with Crippen molar-refractivity contribution in [3.05, 3.63) is 40.8 Å². The van der Waals surface area contributed by atoms with Crippen molar-refractivity contribution in [2.45, 2.75) is 25.8 Å². The van der Waals surface area contributed by atoms with Gasteiger partial charge >= 0.3 is 5.97 Å². The summed E-state index contributed by atoms with van der Waals surface area (Å²) in [6.45, 7) is 1.97. The maximum Gasteiger partial charge on any atom is 0.308 e. The molecule has 1 saturated carbocycles. The largest absolute Gasteiger partial charge is 0.469 e. The van der Waals surface area contributed by atoms with E-state index < -0.39 is 0 Å². The van der Waals surface area contributed by atoms with Crippen LogP contribution in [0.2, 0.25) is 0 Å². The van der Waals surface area contributed by atoms with Crippen LogP contribution in [0.15, 0.2) is 35.1 Å². The number of hydrogen-bond donors (Lipinski definition) is 0. The molecule has 2 aromatic heterocycles. The molecular formula is C18H17BrN4O2. The van der Waals surface area contributed by atoms with Crippen LogP contribution in [0, 0.1) is 12.8 Å². The minimum Gasteiger partial charge on any atom is -0.469 e. The standard InChI is InChI=1S/C18H17BrN4O2/c1-10-14(9-23(22-10)13-5-11(6-13)18(24)25-2)17-8-20-16-7-12(19)3-4-15(16)21-17/h3-4,7-9,11,13H,5-6H2,1-2H3. The Morgan fingerprint density at radius 3 is 2.88 bits per heavy atom. The SMILES string of the molecule is COC(=O)C1CC(n2cc(-c3cnc4cc(Br)ccc4n3)c(C)n2)C1. The maximum atomic E-state index is 11.5. The monoisotopic (exact) mass is 400 g/mol. The Morgan fingerprint density at radius 1 is 1.32 bits per heavy atom. The lowest BCUT2D eigenvalue weighted by Gasteiger charge is -2.33. The Hall–Kier alpha value is -2.28. The maximum absolute atomic E-state index is 11.5. The van der Waals surface area contributed by atoms with E-state index in [-0.39, 0.29) is 17.9 Å². The molecule has 0 saturated heterocycles. The molecule has 0 bridgehead atoms. The van der Waals surface area contributed by atoms with Crippen LogP contribution in [0.4, 0.5) is 0 Å². The fourth-order valence-electron chi connectivity index (χ4n) is 3.20. The molecular weight excluding hydrogens is 384 g/mol. The number of fused-ring (bicyclic) bond motifs is 1. The second-order valence-corrected chi connectivity index (χ2v) is 7.26. The number of hydrogen-bond acceptors (Lipinski definition) is 5. The number of halogens is 1. The molecule has 6 nitrogen and oxygen atoms in total. The average molecular weight is 401 g/mol. The van der Waals surface area contributed by atoms with Gasteiger partial charge in [0.25, 0.3) is 0 Å². The quantitative estimate of drug-likeness (QED) is 0.627. The Balaban J connectivity index is 1.61. The highest BCUT2D eigenvalue weighted by atomic mass is 79.9. The van der Waals surface area contributed by atoms with E-state index in [0.29, 0.717) is 0 Å². The molecule has 4 rings (SSSR count). The molecule has 1 fully saturated rings. The van der Waals surface area contributed by atoms with Gasteiger partial charge in [0.1, 0.15) is 0 Å². The third-order valence-electron chi connectivity index (χ3n) is 4.72. The van der Waals surface area contributed by atoms with E-state index in [1.54, 1.807) is 6.20 Å². The zero-order valence-electron chi connectivity index (χ0n) is 13.9. The summed E-state index contributed by atoms with van der Waals surface area (Å²) >= 11 is 3.45. The van der Waals surface area contributed by atoms with Crippen LogP contribution in [0.25, 0.3) is 22.3 Å². The summed E-state index contributed by atoms with van der Waals surface area (Å²) in [6, 6.07) is 6.09. The molecule has 3 aromatic rings. The third-order valence-corrected chi connectivity index (χ3v) is 5.21. The molecule has 0 radical (unpaired) electrons. The first-order valence-electron chi connectivity index (χ1n) is 8.11. The molecule has 1 aliphatic rings. The number of aryl methyl sites for hydroxylation is 1. The molecule has 128 valence electrons. The lowest BCUT2D eigenvalue weighted by atomic mass is 9.80. The lowest BCUT2D eigenvalue weighted by Crippen LogP contribution is -2.33. The van der Waals surface area contributed by atoms with Crippen molar-refractivity contribution >= 4 is 32.9 Å². The highest BCUT2D eigenvalue weighted by Crippen LogP contribution is 2.39. The number of esters is 1. The van der Waals surface area contributed by atoms with Gasteiger partial charge in [0.05, 0.1) is 47.7 Å². The van der Waals surface area contributed by atoms with Crippen molar-refractivity contribution < 1.29 is 9.53 Å². The van der Waals surface area contributed by atoms with Crippen molar-refractivity contribution in [2.24, 2.45) is 5.92 Å². The Labute approximate surface area is 153 Å². The third kappa shape index (κ3) is 2.93. The highest BCUT2D eigenvalue weighted by molar-refractivity contribution is 9.10. The van der Waals surface area contributed by atoms with E-state index in [2.05, 4.69) is 26.0 Å². The summed E-state index contributed by atoms with van der Waals surface area (Å²) in [6.07, 6.45) is 5.32. The van der Waals surface area contributed by atoms with Gasteiger partial charge in [-0.15, -0.1) is 0 Å². The zero-order valence-corrected chi connectivity index (χ0v) is 15.5. The number of methoxy groups -OCH3 is 1. The van der Waals surface area contributed by atoms with Crippen molar-refractivity contribution in [2.75, 3.05) is 7.11 Å². The summed E-state index contributed by atoms with van der Waals surface area (Å²) in [5, 5.41) is 4.61. The van der Waals surface area contributed by atoms with Crippen molar-refractivity contribution in [1.82, 2.24) is 19.7 Å². The first-order chi connectivity index (χ1) is 12.0. The van der Waals surface area contributed by atoms with Crippen LogP contribution >= 0.6 is 15.9 Å². The van der Waals surface area contributed by atoms with Gasteiger partial charge in [-0.2, -0.15) is 5.10 Å². The molecule has 1 aromatic carbocycles. The van der Waals surface area contributed by atoms with Gasteiger partial charge in [-0.1, -0.05) is 15.9 Å². The van der Waals surface area contributed by atoms with E-state index in [0.717, 1.165) is 45.3 Å². The number of nitrogens with zero attached hydrogens (tertiary/aromatic N) is 4. The van der Waals surface area contributed by atoms with E-state index in [4.69, 9.17) is 9.72 Å². The average Bonchev–Trinajstić information content (AvgIpc) is 2.94. The second kappa shape index (κ2) is 6.22. The van der Waals surface area contributed by atoms with Gasteiger partial charge in [0, 0.05) is 16.2 Å². The molecule has 0 aliphatic heterocycles. The second-order valence-electron chi connectivity index (χ2n) is 6.34. The molecule has 1 aliphatic carbocycles. The molecule has 2 heterocycles. The number of aromatic nitrogens is 4. The Morgan fingerprint density at radius 2 is 2.12 bits per heavy atom. The van der Waals surface area contributed by atoms with Gasteiger partial charge in [0.2, 0.25) is 0 Å². The summed E-state index contributed by atoms with van der Waals surface area (Å²) < 4.78 is 7.72. The Bertz CT molecular complexity index is 963. The molecule has 7 heteroatoms.